The summed E-state index contributed by atoms with van der Waals surface area (Å²) >= 11 is 0. The number of aromatic nitrogens is 4. The summed E-state index contributed by atoms with van der Waals surface area (Å²) in [4.78, 5) is 23.2. The van der Waals surface area contributed by atoms with Crippen LogP contribution >= 0.6 is 0 Å². The third-order valence-electron chi connectivity index (χ3n) is 4.87. The molecule has 1 aliphatic heterocycles. The topological polar surface area (TPSA) is 85.2 Å². The number of morpholine rings is 1. The van der Waals surface area contributed by atoms with Crippen LogP contribution in [0.5, 0.6) is 0 Å². The van der Waals surface area contributed by atoms with Crippen LogP contribution in [0.25, 0.3) is 17.2 Å². The highest BCUT2D eigenvalue weighted by molar-refractivity contribution is 6.01. The number of nitrogens with one attached hydrogen (secondary N) is 1. The molecule has 0 radical (unpaired) electrons. The van der Waals surface area contributed by atoms with E-state index in [1.807, 2.05) is 31.4 Å². The van der Waals surface area contributed by atoms with Gasteiger partial charge in [0.2, 0.25) is 5.91 Å². The van der Waals surface area contributed by atoms with Crippen LogP contribution in [0.2, 0.25) is 0 Å². The minimum atomic E-state index is -0.246. The molecule has 154 valence electrons. The highest BCUT2D eigenvalue weighted by Gasteiger charge is 2.11. The summed E-state index contributed by atoms with van der Waals surface area (Å²) in [7, 11) is 1.87. The van der Waals surface area contributed by atoms with Crippen LogP contribution in [0.4, 0.5) is 5.82 Å². The molecular weight excluding hydrogens is 380 g/mol. The molecule has 30 heavy (non-hydrogen) atoms. The first-order valence-electron chi connectivity index (χ1n) is 9.84. The van der Waals surface area contributed by atoms with Gasteiger partial charge >= 0.3 is 0 Å². The van der Waals surface area contributed by atoms with Crippen molar-refractivity contribution in [3.8, 4) is 11.1 Å². The molecule has 1 fully saturated rings. The molecule has 0 saturated carbocycles. The Hall–Kier alpha value is -3.36. The first-order valence-corrected chi connectivity index (χ1v) is 9.84. The van der Waals surface area contributed by atoms with E-state index >= 15 is 0 Å². The number of ether oxygens (including phenoxy) is 1. The van der Waals surface area contributed by atoms with E-state index in [9.17, 15) is 4.79 Å². The van der Waals surface area contributed by atoms with E-state index in [1.54, 1.807) is 35.5 Å². The summed E-state index contributed by atoms with van der Waals surface area (Å²) < 4.78 is 7.11. The Balaban J connectivity index is 1.37. The van der Waals surface area contributed by atoms with E-state index in [4.69, 9.17) is 4.74 Å². The van der Waals surface area contributed by atoms with Crippen molar-refractivity contribution in [1.82, 2.24) is 24.6 Å². The molecule has 8 heteroatoms. The normalized spacial score (nSPS) is 14.8. The van der Waals surface area contributed by atoms with E-state index in [-0.39, 0.29) is 5.91 Å². The zero-order valence-electron chi connectivity index (χ0n) is 16.9. The molecule has 1 aliphatic rings. The number of carbonyl (C=O) groups excluding carboxylic acids is 1. The van der Waals surface area contributed by atoms with Crippen LogP contribution in [-0.4, -0.2) is 56.9 Å². The van der Waals surface area contributed by atoms with Gasteiger partial charge in [0.1, 0.15) is 5.82 Å². The minimum Gasteiger partial charge on any atom is -0.379 e. The fraction of sp³-hybridized carbons (Fsp3) is 0.273. The molecule has 1 amide bonds. The summed E-state index contributed by atoms with van der Waals surface area (Å²) in [6.07, 6.45) is 12.2. The number of pyridine rings is 2. The molecule has 3 aromatic rings. The average Bonchev–Trinajstić information content (AvgIpc) is 3.21. The monoisotopic (exact) mass is 404 g/mol. The SMILES string of the molecule is Cn1cc(-c2ccncc2C=CC(=O)Nc2ccc(CN3CCOCC3)cn2)cn1. The van der Waals surface area contributed by atoms with Crippen molar-refractivity contribution < 1.29 is 9.53 Å². The zero-order chi connectivity index (χ0) is 20.8. The first-order chi connectivity index (χ1) is 14.7. The van der Waals surface area contributed by atoms with Gasteiger partial charge in [-0.05, 0) is 29.3 Å². The second-order valence-corrected chi connectivity index (χ2v) is 7.13. The molecule has 4 heterocycles. The van der Waals surface area contributed by atoms with Crippen molar-refractivity contribution in [2.24, 2.45) is 7.05 Å². The van der Waals surface area contributed by atoms with Gasteiger partial charge in [-0.25, -0.2) is 4.98 Å². The molecule has 0 unspecified atom stereocenters. The lowest BCUT2D eigenvalue weighted by molar-refractivity contribution is -0.111. The Morgan fingerprint density at radius 3 is 2.80 bits per heavy atom. The Labute approximate surface area is 175 Å². The van der Waals surface area contributed by atoms with Crippen LogP contribution in [-0.2, 0) is 23.1 Å². The number of amides is 1. The van der Waals surface area contributed by atoms with E-state index in [2.05, 4.69) is 25.3 Å². The largest absolute Gasteiger partial charge is 0.379 e. The summed E-state index contributed by atoms with van der Waals surface area (Å²) in [5, 5.41) is 7.00. The number of carbonyl (C=O) groups is 1. The molecule has 1 saturated heterocycles. The van der Waals surface area contributed by atoms with Crippen LogP contribution in [0.3, 0.4) is 0 Å². The number of anilines is 1. The quantitative estimate of drug-likeness (QED) is 0.635. The van der Waals surface area contributed by atoms with Gasteiger partial charge in [-0.2, -0.15) is 5.10 Å². The summed E-state index contributed by atoms with van der Waals surface area (Å²) in [5.74, 6) is 0.276. The molecule has 3 aromatic heterocycles. The van der Waals surface area contributed by atoms with Crippen LogP contribution in [0, 0.1) is 0 Å². The number of hydrogen-bond acceptors (Lipinski definition) is 6. The maximum Gasteiger partial charge on any atom is 0.249 e. The number of aryl methyl sites for hydroxylation is 1. The molecule has 0 aromatic carbocycles. The van der Waals surface area contributed by atoms with Crippen molar-refractivity contribution in [1.29, 1.82) is 0 Å². The lowest BCUT2D eigenvalue weighted by atomic mass is 10.0. The summed E-state index contributed by atoms with van der Waals surface area (Å²) in [5.41, 5.74) is 3.89. The first kappa shape index (κ1) is 19.9. The average molecular weight is 404 g/mol. The molecule has 0 aliphatic carbocycles. The van der Waals surface area contributed by atoms with Crippen molar-refractivity contribution in [2.75, 3.05) is 31.6 Å². The maximum absolute atomic E-state index is 12.3. The molecular formula is C22H24N6O2. The minimum absolute atomic E-state index is 0.246. The molecule has 0 bridgehead atoms. The fourth-order valence-electron chi connectivity index (χ4n) is 3.31. The Morgan fingerprint density at radius 1 is 1.20 bits per heavy atom. The van der Waals surface area contributed by atoms with Crippen molar-refractivity contribution in [2.45, 2.75) is 6.54 Å². The van der Waals surface area contributed by atoms with Crippen molar-refractivity contribution in [3.05, 3.63) is 66.4 Å². The maximum atomic E-state index is 12.3. The summed E-state index contributed by atoms with van der Waals surface area (Å²) in [6.45, 7) is 4.24. The second-order valence-electron chi connectivity index (χ2n) is 7.13. The lowest BCUT2D eigenvalue weighted by Gasteiger charge is -2.26. The third-order valence-corrected chi connectivity index (χ3v) is 4.87. The van der Waals surface area contributed by atoms with Crippen molar-refractivity contribution >= 4 is 17.8 Å². The van der Waals surface area contributed by atoms with Gasteiger partial charge < -0.3 is 10.1 Å². The Morgan fingerprint density at radius 2 is 2.07 bits per heavy atom. The van der Waals surface area contributed by atoms with Gasteiger partial charge in [0.05, 0.1) is 19.4 Å². The van der Waals surface area contributed by atoms with E-state index in [0.717, 1.165) is 55.1 Å². The molecule has 4 rings (SSSR count). The number of rotatable bonds is 6. The third kappa shape index (κ3) is 5.16. The molecule has 0 atom stereocenters. The van der Waals surface area contributed by atoms with E-state index in [1.165, 1.54) is 6.08 Å². The molecule has 0 spiro atoms. The summed E-state index contributed by atoms with van der Waals surface area (Å²) in [6, 6.07) is 5.72. The second kappa shape index (κ2) is 9.43. The highest BCUT2D eigenvalue weighted by atomic mass is 16.5. The Kier molecular flexibility index (Phi) is 6.26. The van der Waals surface area contributed by atoms with Crippen LogP contribution in [0.15, 0.2) is 55.3 Å². The smallest absolute Gasteiger partial charge is 0.249 e. The van der Waals surface area contributed by atoms with E-state index in [0.29, 0.717) is 5.82 Å². The predicted molar refractivity (Wildman–Crippen MR) is 114 cm³/mol. The van der Waals surface area contributed by atoms with Gasteiger partial charge in [0, 0.05) is 68.7 Å². The lowest BCUT2D eigenvalue weighted by Crippen LogP contribution is -2.35. The fourth-order valence-corrected chi connectivity index (χ4v) is 3.31. The number of nitrogens with zero attached hydrogens (tertiary/aromatic N) is 5. The van der Waals surface area contributed by atoms with Gasteiger partial charge in [-0.3, -0.25) is 19.4 Å². The Bertz CT molecular complexity index is 1020. The van der Waals surface area contributed by atoms with Gasteiger partial charge in [0.15, 0.2) is 0 Å². The molecule has 8 nitrogen and oxygen atoms in total. The number of hydrogen-bond donors (Lipinski definition) is 1. The highest BCUT2D eigenvalue weighted by Crippen LogP contribution is 2.23. The zero-order valence-corrected chi connectivity index (χ0v) is 16.9. The van der Waals surface area contributed by atoms with Gasteiger partial charge in [-0.15, -0.1) is 0 Å². The van der Waals surface area contributed by atoms with Crippen LogP contribution in [0.1, 0.15) is 11.1 Å². The molecule has 1 N–H and O–H groups in total. The van der Waals surface area contributed by atoms with Gasteiger partial charge in [-0.1, -0.05) is 6.07 Å². The standard InChI is InChI=1S/C22H24N6O2/c1-27-16-19(14-25-27)20-6-7-23-13-18(20)3-5-22(29)26-21-4-2-17(12-24-21)15-28-8-10-30-11-9-28/h2-7,12-14,16H,8-11,15H2,1H3,(H,24,26,29). The van der Waals surface area contributed by atoms with Crippen molar-refractivity contribution in [3.63, 3.8) is 0 Å². The van der Waals surface area contributed by atoms with Crippen LogP contribution < -0.4 is 5.32 Å². The van der Waals surface area contributed by atoms with E-state index < -0.39 is 0 Å². The predicted octanol–water partition coefficient (Wildman–Crippen LogP) is 2.36. The van der Waals surface area contributed by atoms with Gasteiger partial charge in [0.25, 0.3) is 0 Å².